The van der Waals surface area contributed by atoms with Gasteiger partial charge in [0.25, 0.3) is 0 Å². The van der Waals surface area contributed by atoms with Crippen LogP contribution >= 0.6 is 0 Å². The van der Waals surface area contributed by atoms with Gasteiger partial charge in [0.1, 0.15) is 0 Å². The maximum atomic E-state index is 11.8. The molecule has 0 saturated heterocycles. The third kappa shape index (κ3) is 3.85. The van der Waals surface area contributed by atoms with E-state index >= 15 is 0 Å². The van der Waals surface area contributed by atoms with Crippen LogP contribution in [0.25, 0.3) is 0 Å². The Bertz CT molecular complexity index is 651. The highest BCUT2D eigenvalue weighted by Crippen LogP contribution is 2.16. The van der Waals surface area contributed by atoms with Gasteiger partial charge >= 0.3 is 6.03 Å². The molecule has 1 unspecified atom stereocenters. The number of rotatable bonds is 5. The maximum Gasteiger partial charge on any atom is 0.315 e. The van der Waals surface area contributed by atoms with E-state index in [0.29, 0.717) is 6.54 Å². The summed E-state index contributed by atoms with van der Waals surface area (Å²) in [5.74, 6) is 0. The van der Waals surface area contributed by atoms with Gasteiger partial charge in [-0.2, -0.15) is 5.10 Å². The number of aromatic nitrogens is 2. The highest BCUT2D eigenvalue weighted by atomic mass is 16.3. The largest absolute Gasteiger partial charge is 0.387 e. The van der Waals surface area contributed by atoms with Crippen LogP contribution in [0, 0.1) is 13.8 Å². The molecule has 2 rings (SSSR count). The molecule has 0 aliphatic rings. The fourth-order valence-corrected chi connectivity index (χ4v) is 2.22. The average Bonchev–Trinajstić information content (AvgIpc) is 2.82. The lowest BCUT2D eigenvalue weighted by molar-refractivity contribution is 0.172. The summed E-state index contributed by atoms with van der Waals surface area (Å²) >= 11 is 0. The van der Waals surface area contributed by atoms with Gasteiger partial charge in [-0.1, -0.05) is 24.3 Å². The summed E-state index contributed by atoms with van der Waals surface area (Å²) in [6, 6.07) is 7.28. The number of urea groups is 1. The molecule has 2 aromatic rings. The van der Waals surface area contributed by atoms with Crippen LogP contribution in [0.15, 0.2) is 30.5 Å². The smallest absolute Gasteiger partial charge is 0.315 e. The molecule has 1 atom stereocenters. The number of carbonyl (C=O) groups is 1. The predicted octanol–water partition coefficient (Wildman–Crippen LogP) is 1.57. The highest BCUT2D eigenvalue weighted by Gasteiger charge is 2.11. The van der Waals surface area contributed by atoms with Crippen LogP contribution in [-0.4, -0.2) is 27.5 Å². The number of hydrogen-bond acceptors (Lipinski definition) is 3. The second-order valence-corrected chi connectivity index (χ2v) is 5.31. The van der Waals surface area contributed by atoms with Gasteiger partial charge in [0.05, 0.1) is 12.3 Å². The van der Waals surface area contributed by atoms with Crippen LogP contribution in [0.5, 0.6) is 0 Å². The normalized spacial score (nSPS) is 12.0. The SMILES string of the molecule is Cc1ccccc1C(O)CNC(=O)NCc1cnn(C)c1C. The molecule has 0 bridgehead atoms. The Morgan fingerprint density at radius 3 is 2.68 bits per heavy atom. The molecule has 22 heavy (non-hydrogen) atoms. The van der Waals surface area contributed by atoms with Gasteiger partial charge in [0.2, 0.25) is 0 Å². The Kier molecular flexibility index (Phi) is 5.16. The Morgan fingerprint density at radius 1 is 1.32 bits per heavy atom. The van der Waals surface area contributed by atoms with E-state index < -0.39 is 6.10 Å². The minimum absolute atomic E-state index is 0.169. The van der Waals surface area contributed by atoms with E-state index in [9.17, 15) is 9.90 Å². The predicted molar refractivity (Wildman–Crippen MR) is 84.3 cm³/mol. The molecule has 118 valence electrons. The van der Waals surface area contributed by atoms with E-state index in [1.54, 1.807) is 10.9 Å². The van der Waals surface area contributed by atoms with Crippen molar-refractivity contribution in [3.05, 3.63) is 52.8 Å². The number of hydrogen-bond donors (Lipinski definition) is 3. The molecule has 6 nitrogen and oxygen atoms in total. The van der Waals surface area contributed by atoms with Crippen molar-refractivity contribution in [2.75, 3.05) is 6.54 Å². The van der Waals surface area contributed by atoms with Gasteiger partial charge in [-0.05, 0) is 25.0 Å². The van der Waals surface area contributed by atoms with Gasteiger partial charge in [-0.25, -0.2) is 4.79 Å². The summed E-state index contributed by atoms with van der Waals surface area (Å²) in [6.07, 6.45) is 1.02. The van der Waals surface area contributed by atoms with E-state index in [4.69, 9.17) is 0 Å². The van der Waals surface area contributed by atoms with E-state index in [2.05, 4.69) is 15.7 Å². The molecule has 0 fully saturated rings. The molecule has 0 radical (unpaired) electrons. The average molecular weight is 302 g/mol. The van der Waals surface area contributed by atoms with E-state index in [1.807, 2.05) is 45.2 Å². The third-order valence-electron chi connectivity index (χ3n) is 3.78. The van der Waals surface area contributed by atoms with Crippen LogP contribution in [0.4, 0.5) is 4.79 Å². The van der Waals surface area contributed by atoms with Gasteiger partial charge in [-0.15, -0.1) is 0 Å². The zero-order valence-electron chi connectivity index (χ0n) is 13.1. The van der Waals surface area contributed by atoms with Crippen LogP contribution < -0.4 is 10.6 Å². The molecule has 3 N–H and O–H groups in total. The molecule has 1 heterocycles. The molecule has 0 aliphatic carbocycles. The van der Waals surface area contributed by atoms with Gasteiger partial charge in [-0.3, -0.25) is 4.68 Å². The van der Waals surface area contributed by atoms with Crippen molar-refractivity contribution >= 4 is 6.03 Å². The van der Waals surface area contributed by atoms with Crippen molar-refractivity contribution in [2.24, 2.45) is 7.05 Å². The summed E-state index contributed by atoms with van der Waals surface area (Å²) in [5.41, 5.74) is 3.81. The number of aliphatic hydroxyl groups is 1. The lowest BCUT2D eigenvalue weighted by atomic mass is 10.0. The lowest BCUT2D eigenvalue weighted by Gasteiger charge is -2.15. The molecule has 1 aromatic carbocycles. The summed E-state index contributed by atoms with van der Waals surface area (Å²) in [7, 11) is 1.86. The minimum atomic E-state index is -0.716. The molecule has 0 saturated carbocycles. The number of aryl methyl sites for hydroxylation is 2. The molecule has 0 aliphatic heterocycles. The van der Waals surface area contributed by atoms with E-state index in [0.717, 1.165) is 22.4 Å². The first kappa shape index (κ1) is 16.0. The second kappa shape index (κ2) is 7.09. The van der Waals surface area contributed by atoms with Gasteiger partial charge in [0, 0.05) is 31.4 Å². The highest BCUT2D eigenvalue weighted by molar-refractivity contribution is 5.73. The fraction of sp³-hybridized carbons (Fsp3) is 0.375. The van der Waals surface area contributed by atoms with Crippen molar-refractivity contribution in [3.63, 3.8) is 0 Å². The first-order valence-electron chi connectivity index (χ1n) is 7.21. The van der Waals surface area contributed by atoms with Crippen LogP contribution in [-0.2, 0) is 13.6 Å². The molecule has 0 spiro atoms. The minimum Gasteiger partial charge on any atom is -0.387 e. The Morgan fingerprint density at radius 2 is 2.05 bits per heavy atom. The van der Waals surface area contributed by atoms with Crippen LogP contribution in [0.3, 0.4) is 0 Å². The zero-order chi connectivity index (χ0) is 16.1. The van der Waals surface area contributed by atoms with E-state index in [-0.39, 0.29) is 12.6 Å². The summed E-state index contributed by atoms with van der Waals surface area (Å²) in [5, 5.41) is 19.7. The fourth-order valence-electron chi connectivity index (χ4n) is 2.22. The van der Waals surface area contributed by atoms with Gasteiger partial charge < -0.3 is 15.7 Å². The standard InChI is InChI=1S/C16H22N4O2/c1-11-6-4-5-7-14(11)15(21)10-18-16(22)17-8-13-9-19-20(3)12(13)2/h4-7,9,15,21H,8,10H2,1-3H3,(H2,17,18,22). The van der Waals surface area contributed by atoms with E-state index in [1.165, 1.54) is 0 Å². The second-order valence-electron chi connectivity index (χ2n) is 5.31. The molecule has 1 aromatic heterocycles. The first-order chi connectivity index (χ1) is 10.5. The quantitative estimate of drug-likeness (QED) is 0.784. The summed E-state index contributed by atoms with van der Waals surface area (Å²) in [6.45, 7) is 4.46. The maximum absolute atomic E-state index is 11.8. The third-order valence-corrected chi connectivity index (χ3v) is 3.78. The summed E-state index contributed by atoms with van der Waals surface area (Å²) < 4.78 is 1.76. The molecule has 2 amide bonds. The molecular weight excluding hydrogens is 280 g/mol. The van der Waals surface area contributed by atoms with Crippen molar-refractivity contribution < 1.29 is 9.90 Å². The number of nitrogens with one attached hydrogen (secondary N) is 2. The van der Waals surface area contributed by atoms with Crippen LogP contribution in [0.1, 0.15) is 28.5 Å². The summed E-state index contributed by atoms with van der Waals surface area (Å²) in [4.78, 5) is 11.8. The zero-order valence-corrected chi connectivity index (χ0v) is 13.1. The Labute approximate surface area is 130 Å². The first-order valence-corrected chi connectivity index (χ1v) is 7.21. The number of carbonyl (C=O) groups excluding carboxylic acids is 1. The Hall–Kier alpha value is -2.34. The number of benzene rings is 1. The van der Waals surface area contributed by atoms with Crippen molar-refractivity contribution in [1.82, 2.24) is 20.4 Å². The number of aliphatic hydroxyl groups excluding tert-OH is 1. The van der Waals surface area contributed by atoms with Crippen LogP contribution in [0.2, 0.25) is 0 Å². The van der Waals surface area contributed by atoms with Crippen molar-refractivity contribution in [3.8, 4) is 0 Å². The monoisotopic (exact) mass is 302 g/mol. The molecular formula is C16H22N4O2. The Balaban J connectivity index is 1.80. The lowest BCUT2D eigenvalue weighted by Crippen LogP contribution is -2.37. The van der Waals surface area contributed by atoms with Crippen molar-refractivity contribution in [1.29, 1.82) is 0 Å². The van der Waals surface area contributed by atoms with Crippen molar-refractivity contribution in [2.45, 2.75) is 26.5 Å². The van der Waals surface area contributed by atoms with Gasteiger partial charge in [0.15, 0.2) is 0 Å². The molecule has 6 heteroatoms. The topological polar surface area (TPSA) is 79.2 Å². The number of nitrogens with zero attached hydrogens (tertiary/aromatic N) is 2. The number of amides is 2.